The summed E-state index contributed by atoms with van der Waals surface area (Å²) in [6.07, 6.45) is 0. The van der Waals surface area contributed by atoms with Gasteiger partial charge in [-0.15, -0.1) is 0 Å². The fourth-order valence-electron chi connectivity index (χ4n) is 1.63. The van der Waals surface area contributed by atoms with Gasteiger partial charge < -0.3 is 5.73 Å². The number of benzene rings is 2. The van der Waals surface area contributed by atoms with Gasteiger partial charge in [-0.05, 0) is 64.0 Å². The lowest BCUT2D eigenvalue weighted by Crippen LogP contribution is -2.12. The van der Waals surface area contributed by atoms with Gasteiger partial charge in [-0.2, -0.15) is 0 Å². The van der Waals surface area contributed by atoms with Crippen LogP contribution in [-0.2, 0) is 0 Å². The van der Waals surface area contributed by atoms with Crippen molar-refractivity contribution < 1.29 is 0 Å². The summed E-state index contributed by atoms with van der Waals surface area (Å²) >= 11 is 11.8. The van der Waals surface area contributed by atoms with E-state index in [9.17, 15) is 0 Å². The molecule has 0 spiro atoms. The largest absolute Gasteiger partial charge is 0.320 e. The van der Waals surface area contributed by atoms with E-state index in [2.05, 4.69) is 44.6 Å². The van der Waals surface area contributed by atoms with Crippen LogP contribution < -0.4 is 5.73 Å². The SMILES string of the molecule is NC(c1cccc(Cl)c1)c1cc(I)ccc1Br. The normalized spacial score (nSPS) is 12.5. The fraction of sp³-hybridized carbons (Fsp3) is 0.0769. The van der Waals surface area contributed by atoms with Crippen molar-refractivity contribution in [2.75, 3.05) is 0 Å². The molecule has 2 aromatic carbocycles. The Kier molecular flexibility index (Phi) is 4.47. The molecule has 4 heteroatoms. The fourth-order valence-corrected chi connectivity index (χ4v) is 2.84. The van der Waals surface area contributed by atoms with Crippen LogP contribution >= 0.6 is 50.1 Å². The standard InChI is InChI=1S/C13H10BrClIN/c14-12-5-4-10(16)7-11(12)13(17)8-2-1-3-9(15)6-8/h1-7,13H,17H2. The van der Waals surface area contributed by atoms with Crippen molar-refractivity contribution in [3.8, 4) is 0 Å². The molecule has 0 aliphatic heterocycles. The Bertz CT molecular complexity index is 545. The van der Waals surface area contributed by atoms with Gasteiger partial charge >= 0.3 is 0 Å². The Morgan fingerprint density at radius 3 is 2.65 bits per heavy atom. The molecule has 88 valence electrons. The van der Waals surface area contributed by atoms with E-state index in [4.69, 9.17) is 17.3 Å². The zero-order chi connectivity index (χ0) is 12.4. The third kappa shape index (κ3) is 3.22. The van der Waals surface area contributed by atoms with Gasteiger partial charge in [0.15, 0.2) is 0 Å². The first kappa shape index (κ1) is 13.3. The van der Waals surface area contributed by atoms with Crippen LogP contribution in [0, 0.1) is 3.57 Å². The molecule has 0 saturated heterocycles. The highest BCUT2D eigenvalue weighted by Crippen LogP contribution is 2.29. The summed E-state index contributed by atoms with van der Waals surface area (Å²) in [5.74, 6) is 0. The van der Waals surface area contributed by atoms with Crippen molar-refractivity contribution in [3.05, 3.63) is 66.7 Å². The molecule has 0 radical (unpaired) electrons. The number of nitrogens with two attached hydrogens (primary N) is 1. The van der Waals surface area contributed by atoms with Gasteiger partial charge in [0, 0.05) is 13.1 Å². The molecule has 1 unspecified atom stereocenters. The Balaban J connectivity index is 2.43. The average molecular weight is 422 g/mol. The van der Waals surface area contributed by atoms with Crippen LogP contribution in [0.5, 0.6) is 0 Å². The van der Waals surface area contributed by atoms with Gasteiger partial charge in [0.2, 0.25) is 0 Å². The van der Waals surface area contributed by atoms with E-state index >= 15 is 0 Å². The first-order valence-corrected chi connectivity index (χ1v) is 7.29. The first-order chi connectivity index (χ1) is 8.08. The lowest BCUT2D eigenvalue weighted by atomic mass is 10.00. The lowest BCUT2D eigenvalue weighted by molar-refractivity contribution is 0.865. The zero-order valence-electron chi connectivity index (χ0n) is 8.83. The topological polar surface area (TPSA) is 26.0 Å². The molecule has 0 aliphatic rings. The van der Waals surface area contributed by atoms with Crippen LogP contribution in [0.4, 0.5) is 0 Å². The van der Waals surface area contributed by atoms with E-state index < -0.39 is 0 Å². The van der Waals surface area contributed by atoms with E-state index in [-0.39, 0.29) is 6.04 Å². The minimum atomic E-state index is -0.169. The minimum absolute atomic E-state index is 0.169. The second-order valence-electron chi connectivity index (χ2n) is 3.70. The molecule has 17 heavy (non-hydrogen) atoms. The van der Waals surface area contributed by atoms with Gasteiger partial charge in [-0.25, -0.2) is 0 Å². The van der Waals surface area contributed by atoms with Crippen LogP contribution in [0.2, 0.25) is 5.02 Å². The molecule has 0 heterocycles. The van der Waals surface area contributed by atoms with Crippen molar-refractivity contribution in [2.24, 2.45) is 5.73 Å². The number of hydrogen-bond acceptors (Lipinski definition) is 1. The minimum Gasteiger partial charge on any atom is -0.320 e. The highest BCUT2D eigenvalue weighted by molar-refractivity contribution is 14.1. The van der Waals surface area contributed by atoms with Gasteiger partial charge in [-0.3, -0.25) is 0 Å². The Morgan fingerprint density at radius 1 is 1.18 bits per heavy atom. The van der Waals surface area contributed by atoms with Crippen molar-refractivity contribution in [1.29, 1.82) is 0 Å². The van der Waals surface area contributed by atoms with Crippen LogP contribution in [0.25, 0.3) is 0 Å². The van der Waals surface area contributed by atoms with Crippen LogP contribution in [-0.4, -0.2) is 0 Å². The Labute approximate surface area is 128 Å². The summed E-state index contributed by atoms with van der Waals surface area (Å²) in [5, 5.41) is 0.708. The summed E-state index contributed by atoms with van der Waals surface area (Å²) < 4.78 is 2.18. The molecule has 0 aliphatic carbocycles. The number of hydrogen-bond donors (Lipinski definition) is 1. The highest BCUT2D eigenvalue weighted by Gasteiger charge is 2.12. The van der Waals surface area contributed by atoms with Gasteiger partial charge in [0.05, 0.1) is 6.04 Å². The van der Waals surface area contributed by atoms with Crippen LogP contribution in [0.1, 0.15) is 17.2 Å². The Morgan fingerprint density at radius 2 is 1.94 bits per heavy atom. The maximum atomic E-state index is 6.26. The molecule has 0 fully saturated rings. The highest BCUT2D eigenvalue weighted by atomic mass is 127. The molecule has 0 saturated carbocycles. The van der Waals surface area contributed by atoms with Crippen molar-refractivity contribution >= 4 is 50.1 Å². The molecule has 0 aromatic heterocycles. The van der Waals surface area contributed by atoms with Gasteiger partial charge in [-0.1, -0.05) is 39.7 Å². The van der Waals surface area contributed by atoms with Crippen molar-refractivity contribution in [3.63, 3.8) is 0 Å². The second-order valence-corrected chi connectivity index (χ2v) is 6.23. The molecule has 1 nitrogen and oxygen atoms in total. The van der Waals surface area contributed by atoms with Gasteiger partial charge in [0.1, 0.15) is 0 Å². The third-order valence-electron chi connectivity index (χ3n) is 2.50. The second kappa shape index (κ2) is 5.69. The lowest BCUT2D eigenvalue weighted by Gasteiger charge is -2.15. The number of rotatable bonds is 2. The molecule has 0 bridgehead atoms. The summed E-state index contributed by atoms with van der Waals surface area (Å²) in [6, 6.07) is 13.6. The predicted molar refractivity (Wildman–Crippen MR) is 84.3 cm³/mol. The smallest absolute Gasteiger partial charge is 0.0563 e. The Hall–Kier alpha value is -0.100. The van der Waals surface area contributed by atoms with Crippen molar-refractivity contribution in [1.82, 2.24) is 0 Å². The van der Waals surface area contributed by atoms with E-state index in [1.165, 1.54) is 3.57 Å². The van der Waals surface area contributed by atoms with E-state index in [1.54, 1.807) is 0 Å². The monoisotopic (exact) mass is 421 g/mol. The van der Waals surface area contributed by atoms with Crippen molar-refractivity contribution in [2.45, 2.75) is 6.04 Å². The molecular weight excluding hydrogens is 412 g/mol. The first-order valence-electron chi connectivity index (χ1n) is 5.04. The summed E-state index contributed by atoms with van der Waals surface area (Å²) in [6.45, 7) is 0. The molecular formula is C13H10BrClIN. The molecule has 2 rings (SSSR count). The van der Waals surface area contributed by atoms with Crippen LogP contribution in [0.3, 0.4) is 0 Å². The van der Waals surface area contributed by atoms with E-state index in [1.807, 2.05) is 36.4 Å². The molecule has 0 amide bonds. The zero-order valence-corrected chi connectivity index (χ0v) is 13.3. The quantitative estimate of drug-likeness (QED) is 0.695. The summed E-state index contributed by atoms with van der Waals surface area (Å²) in [7, 11) is 0. The maximum absolute atomic E-state index is 6.26. The van der Waals surface area contributed by atoms with Crippen LogP contribution in [0.15, 0.2) is 46.9 Å². The molecule has 2 aromatic rings. The summed E-state index contributed by atoms with van der Waals surface area (Å²) in [4.78, 5) is 0. The van der Waals surface area contributed by atoms with Gasteiger partial charge in [0.25, 0.3) is 0 Å². The average Bonchev–Trinajstić information content (AvgIpc) is 2.31. The summed E-state index contributed by atoms with van der Waals surface area (Å²) in [5.41, 5.74) is 8.35. The predicted octanol–water partition coefficient (Wildman–Crippen LogP) is 4.76. The maximum Gasteiger partial charge on any atom is 0.0563 e. The molecule has 1 atom stereocenters. The van der Waals surface area contributed by atoms with E-state index in [0.29, 0.717) is 5.02 Å². The number of halogens is 3. The molecule has 2 N–H and O–H groups in total. The van der Waals surface area contributed by atoms with E-state index in [0.717, 1.165) is 15.6 Å². The third-order valence-corrected chi connectivity index (χ3v) is 4.13.